The van der Waals surface area contributed by atoms with Gasteiger partial charge in [-0.1, -0.05) is 26.7 Å². The Morgan fingerprint density at radius 2 is 1.94 bits per heavy atom. The Morgan fingerprint density at radius 3 is 2.50 bits per heavy atom. The van der Waals surface area contributed by atoms with Crippen LogP contribution in [0.1, 0.15) is 46.0 Å². The highest BCUT2D eigenvalue weighted by Gasteiger charge is 2.16. The first kappa shape index (κ1) is 15.7. The zero-order valence-electron chi connectivity index (χ0n) is 10.4. The Morgan fingerprint density at radius 1 is 1.31 bits per heavy atom. The maximum atomic E-state index is 11.5. The number of carbonyl (C=O) groups excluding carboxylic acids is 1. The van der Waals surface area contributed by atoms with Crippen LogP contribution in [-0.4, -0.2) is 25.0 Å². The molecular formula is C12H25ClN2O. The molecule has 3 nitrogen and oxygen atoms in total. The van der Waals surface area contributed by atoms with Gasteiger partial charge in [0.05, 0.1) is 0 Å². The van der Waals surface area contributed by atoms with Gasteiger partial charge in [0.15, 0.2) is 0 Å². The smallest absolute Gasteiger partial charge is 0.221 e. The van der Waals surface area contributed by atoms with Crippen LogP contribution in [0.15, 0.2) is 0 Å². The summed E-state index contributed by atoms with van der Waals surface area (Å²) >= 11 is 0. The molecule has 4 heteroatoms. The minimum absolute atomic E-state index is 0. The molecule has 0 unspecified atom stereocenters. The molecule has 0 heterocycles. The van der Waals surface area contributed by atoms with Crippen LogP contribution in [0.3, 0.4) is 0 Å². The summed E-state index contributed by atoms with van der Waals surface area (Å²) in [4.78, 5) is 11.5. The standard InChI is InChI=1S/C12H24N2O.ClH/c1-10(2)9-13-8-7-12(15)14-11-5-3-4-6-11;/h10-11,13H,3-9H2,1-2H3,(H,14,15);1H. The Kier molecular flexibility index (Phi) is 8.67. The highest BCUT2D eigenvalue weighted by molar-refractivity contribution is 5.85. The van der Waals surface area contributed by atoms with Gasteiger partial charge in [-0.3, -0.25) is 4.79 Å². The van der Waals surface area contributed by atoms with Gasteiger partial charge < -0.3 is 10.6 Å². The van der Waals surface area contributed by atoms with E-state index in [1.807, 2.05) is 0 Å². The predicted molar refractivity (Wildman–Crippen MR) is 70.0 cm³/mol. The molecule has 0 radical (unpaired) electrons. The minimum Gasteiger partial charge on any atom is -0.353 e. The van der Waals surface area contributed by atoms with Crippen LogP contribution < -0.4 is 10.6 Å². The predicted octanol–water partition coefficient (Wildman–Crippen LogP) is 2.10. The van der Waals surface area contributed by atoms with E-state index in [0.29, 0.717) is 18.4 Å². The van der Waals surface area contributed by atoms with Gasteiger partial charge in [0.2, 0.25) is 5.91 Å². The first-order chi connectivity index (χ1) is 7.18. The van der Waals surface area contributed by atoms with Crippen molar-refractivity contribution in [3.63, 3.8) is 0 Å². The second kappa shape index (κ2) is 8.82. The molecule has 0 bridgehead atoms. The first-order valence-electron chi connectivity index (χ1n) is 6.18. The van der Waals surface area contributed by atoms with E-state index in [2.05, 4.69) is 24.5 Å². The number of rotatable bonds is 6. The lowest BCUT2D eigenvalue weighted by atomic mass is 10.2. The first-order valence-corrected chi connectivity index (χ1v) is 6.18. The fraction of sp³-hybridized carbons (Fsp3) is 0.917. The number of hydrogen-bond donors (Lipinski definition) is 2. The van der Waals surface area contributed by atoms with Crippen LogP contribution in [0, 0.1) is 5.92 Å². The van der Waals surface area contributed by atoms with Crippen LogP contribution in [0.4, 0.5) is 0 Å². The molecule has 0 aromatic heterocycles. The molecule has 2 N–H and O–H groups in total. The lowest BCUT2D eigenvalue weighted by Crippen LogP contribution is -2.35. The lowest BCUT2D eigenvalue weighted by molar-refractivity contribution is -0.121. The molecule has 0 atom stereocenters. The fourth-order valence-corrected chi connectivity index (χ4v) is 1.96. The maximum absolute atomic E-state index is 11.5. The van der Waals surface area contributed by atoms with E-state index in [4.69, 9.17) is 0 Å². The molecule has 0 aromatic rings. The SMILES string of the molecule is CC(C)CNCCC(=O)NC1CCCC1.Cl. The second-order valence-electron chi connectivity index (χ2n) is 4.90. The molecule has 16 heavy (non-hydrogen) atoms. The van der Waals surface area contributed by atoms with Gasteiger partial charge in [0.25, 0.3) is 0 Å². The van der Waals surface area contributed by atoms with Crippen molar-refractivity contribution in [1.29, 1.82) is 0 Å². The van der Waals surface area contributed by atoms with Crippen molar-refractivity contribution in [2.24, 2.45) is 5.92 Å². The summed E-state index contributed by atoms with van der Waals surface area (Å²) in [6.07, 6.45) is 5.51. The molecule has 0 aromatic carbocycles. The van der Waals surface area contributed by atoms with E-state index < -0.39 is 0 Å². The van der Waals surface area contributed by atoms with Gasteiger partial charge in [-0.05, 0) is 25.3 Å². The van der Waals surface area contributed by atoms with Gasteiger partial charge in [-0.2, -0.15) is 0 Å². The summed E-state index contributed by atoms with van der Waals surface area (Å²) < 4.78 is 0. The molecule has 1 aliphatic rings. The van der Waals surface area contributed by atoms with Crippen molar-refractivity contribution in [1.82, 2.24) is 10.6 Å². The van der Waals surface area contributed by atoms with Crippen LogP contribution in [0.25, 0.3) is 0 Å². The van der Waals surface area contributed by atoms with E-state index >= 15 is 0 Å². The summed E-state index contributed by atoms with van der Waals surface area (Å²) in [6, 6.07) is 0.461. The molecule has 1 rings (SSSR count). The Bertz CT molecular complexity index is 191. The minimum atomic E-state index is 0. The number of amides is 1. The molecule has 0 saturated heterocycles. The van der Waals surface area contributed by atoms with E-state index in [-0.39, 0.29) is 18.3 Å². The summed E-state index contributed by atoms with van der Waals surface area (Å²) in [5, 5.41) is 6.37. The zero-order valence-corrected chi connectivity index (χ0v) is 11.2. The van der Waals surface area contributed by atoms with E-state index in [1.165, 1.54) is 25.7 Å². The third-order valence-corrected chi connectivity index (χ3v) is 2.80. The fourth-order valence-electron chi connectivity index (χ4n) is 1.96. The summed E-state index contributed by atoms with van der Waals surface area (Å²) in [7, 11) is 0. The van der Waals surface area contributed by atoms with Crippen molar-refractivity contribution in [2.45, 2.75) is 52.0 Å². The van der Waals surface area contributed by atoms with Crippen molar-refractivity contribution in [2.75, 3.05) is 13.1 Å². The van der Waals surface area contributed by atoms with Crippen LogP contribution >= 0.6 is 12.4 Å². The molecule has 1 saturated carbocycles. The van der Waals surface area contributed by atoms with Crippen LogP contribution in [0.5, 0.6) is 0 Å². The molecule has 96 valence electrons. The number of hydrogen-bond acceptors (Lipinski definition) is 2. The number of carbonyl (C=O) groups is 1. The lowest BCUT2D eigenvalue weighted by Gasteiger charge is -2.12. The van der Waals surface area contributed by atoms with Gasteiger partial charge in [0.1, 0.15) is 0 Å². The summed E-state index contributed by atoms with van der Waals surface area (Å²) in [5.41, 5.74) is 0. The van der Waals surface area contributed by atoms with Crippen molar-refractivity contribution >= 4 is 18.3 Å². The van der Waals surface area contributed by atoms with Gasteiger partial charge >= 0.3 is 0 Å². The van der Waals surface area contributed by atoms with Gasteiger partial charge in [-0.25, -0.2) is 0 Å². The molecule has 1 aliphatic carbocycles. The van der Waals surface area contributed by atoms with Crippen LogP contribution in [-0.2, 0) is 4.79 Å². The maximum Gasteiger partial charge on any atom is 0.221 e. The van der Waals surface area contributed by atoms with Gasteiger partial charge in [0, 0.05) is 19.0 Å². The number of nitrogens with one attached hydrogen (secondary N) is 2. The van der Waals surface area contributed by atoms with Crippen LogP contribution in [0.2, 0.25) is 0 Å². The van der Waals surface area contributed by atoms with E-state index in [1.54, 1.807) is 0 Å². The third kappa shape index (κ3) is 7.07. The van der Waals surface area contributed by atoms with Crippen molar-refractivity contribution in [3.8, 4) is 0 Å². The average Bonchev–Trinajstić information content (AvgIpc) is 2.64. The monoisotopic (exact) mass is 248 g/mol. The van der Waals surface area contributed by atoms with Crippen molar-refractivity contribution < 1.29 is 4.79 Å². The largest absolute Gasteiger partial charge is 0.353 e. The van der Waals surface area contributed by atoms with Gasteiger partial charge in [-0.15, -0.1) is 12.4 Å². The Balaban J connectivity index is 0.00000225. The normalized spacial score (nSPS) is 16.2. The van der Waals surface area contributed by atoms with E-state index in [0.717, 1.165) is 13.1 Å². The molecular weight excluding hydrogens is 224 g/mol. The Labute approximate surface area is 105 Å². The summed E-state index contributed by atoms with van der Waals surface area (Å²) in [5.74, 6) is 0.862. The molecule has 1 amide bonds. The zero-order chi connectivity index (χ0) is 11.1. The second-order valence-corrected chi connectivity index (χ2v) is 4.90. The summed E-state index contributed by atoms with van der Waals surface area (Å²) in [6.45, 7) is 6.14. The Hall–Kier alpha value is -0.280. The third-order valence-electron chi connectivity index (χ3n) is 2.80. The molecule has 1 fully saturated rings. The number of halogens is 1. The quantitative estimate of drug-likeness (QED) is 0.707. The molecule has 0 aliphatic heterocycles. The highest BCUT2D eigenvalue weighted by Crippen LogP contribution is 2.17. The highest BCUT2D eigenvalue weighted by atomic mass is 35.5. The van der Waals surface area contributed by atoms with Crippen molar-refractivity contribution in [3.05, 3.63) is 0 Å². The van der Waals surface area contributed by atoms with E-state index in [9.17, 15) is 4.79 Å². The molecule has 0 spiro atoms. The average molecular weight is 249 g/mol. The topological polar surface area (TPSA) is 41.1 Å².